The van der Waals surface area contributed by atoms with Crippen LogP contribution >= 0.6 is 46.6 Å². The van der Waals surface area contributed by atoms with Crippen LogP contribution in [0.1, 0.15) is 31.2 Å². The lowest BCUT2D eigenvalue weighted by molar-refractivity contribution is -0.131. The summed E-state index contributed by atoms with van der Waals surface area (Å²) in [5, 5.41) is 16.6. The second-order valence-electron chi connectivity index (χ2n) is 6.95. The first-order valence-corrected chi connectivity index (χ1v) is 10.1. The third-order valence-electron chi connectivity index (χ3n) is 4.13. The quantitative estimate of drug-likeness (QED) is 0.418. The van der Waals surface area contributed by atoms with Crippen molar-refractivity contribution in [2.75, 3.05) is 0 Å². The average molecular weight is 491 g/mol. The van der Waals surface area contributed by atoms with E-state index in [4.69, 9.17) is 34.8 Å². The maximum absolute atomic E-state index is 13.2. The minimum Gasteiger partial charge on any atom is -0.387 e. The molecule has 1 aromatic carbocycles. The van der Waals surface area contributed by atoms with Crippen molar-refractivity contribution in [3.63, 3.8) is 0 Å². The van der Waals surface area contributed by atoms with E-state index in [1.54, 1.807) is 13.8 Å². The van der Waals surface area contributed by atoms with Crippen LogP contribution in [0.25, 0.3) is 0 Å². The van der Waals surface area contributed by atoms with Gasteiger partial charge >= 0.3 is 5.51 Å². The molecular weight excluding hydrogens is 474 g/mol. The summed E-state index contributed by atoms with van der Waals surface area (Å²) in [6.45, 7) is 3.25. The first-order valence-electron chi connectivity index (χ1n) is 8.20. The van der Waals surface area contributed by atoms with Gasteiger partial charge in [-0.3, -0.25) is 9.89 Å². The summed E-state index contributed by atoms with van der Waals surface area (Å²) in [6.07, 6.45) is -0.358. The molecule has 0 bridgehead atoms. The molecule has 2 N–H and O–H groups in total. The van der Waals surface area contributed by atoms with E-state index in [9.17, 15) is 23.1 Å². The molecule has 1 aromatic heterocycles. The highest BCUT2D eigenvalue weighted by Crippen LogP contribution is 2.41. The van der Waals surface area contributed by atoms with Crippen LogP contribution in [0, 0.1) is 5.41 Å². The van der Waals surface area contributed by atoms with Crippen molar-refractivity contribution in [1.29, 1.82) is 0 Å². The molecule has 160 valence electrons. The number of aromatic amines is 1. The maximum Gasteiger partial charge on any atom is 0.446 e. The van der Waals surface area contributed by atoms with Gasteiger partial charge in [0, 0.05) is 10.3 Å². The number of carbonyl (C=O) groups is 1. The Morgan fingerprint density at radius 1 is 1.21 bits per heavy atom. The Labute approximate surface area is 184 Å². The number of Topliss-reactive ketones (excluding diaryl/α,β-unsaturated/α-hetero) is 1. The van der Waals surface area contributed by atoms with Gasteiger partial charge in [0.15, 0.2) is 5.78 Å². The second kappa shape index (κ2) is 9.01. The Morgan fingerprint density at radius 2 is 1.79 bits per heavy atom. The number of H-pyrrole nitrogens is 1. The van der Waals surface area contributed by atoms with E-state index in [1.165, 1.54) is 24.3 Å². The highest BCUT2D eigenvalue weighted by atomic mass is 35.6. The van der Waals surface area contributed by atoms with Crippen molar-refractivity contribution in [2.45, 2.75) is 46.5 Å². The Bertz CT molecular complexity index is 825. The van der Waals surface area contributed by atoms with Crippen molar-refractivity contribution in [2.24, 2.45) is 5.41 Å². The van der Waals surface area contributed by atoms with E-state index in [0.717, 1.165) is 6.33 Å². The van der Waals surface area contributed by atoms with Crippen molar-refractivity contribution >= 4 is 52.3 Å². The van der Waals surface area contributed by atoms with Crippen LogP contribution in [-0.2, 0) is 11.2 Å². The van der Waals surface area contributed by atoms with E-state index < -0.39 is 32.5 Å². The fourth-order valence-electron chi connectivity index (χ4n) is 2.80. The number of halogens is 6. The van der Waals surface area contributed by atoms with Gasteiger partial charge in [0.25, 0.3) is 0 Å². The fraction of sp³-hybridized carbons (Fsp3) is 0.471. The molecule has 2 rings (SSSR count). The molecular formula is C17H17Cl3F3N3O2S. The van der Waals surface area contributed by atoms with Crippen molar-refractivity contribution < 1.29 is 23.1 Å². The molecule has 0 saturated heterocycles. The molecule has 29 heavy (non-hydrogen) atoms. The zero-order valence-corrected chi connectivity index (χ0v) is 18.3. The van der Waals surface area contributed by atoms with Gasteiger partial charge in [0.1, 0.15) is 24.2 Å². The fourth-order valence-corrected chi connectivity index (χ4v) is 3.72. The van der Waals surface area contributed by atoms with Crippen LogP contribution in [0.3, 0.4) is 0 Å². The molecule has 0 radical (unpaired) electrons. The number of hydrogen-bond donors (Lipinski definition) is 2. The summed E-state index contributed by atoms with van der Waals surface area (Å²) in [5.74, 6) is -1.72. The number of nitrogens with zero attached hydrogens (tertiary/aromatic N) is 2. The number of nitrogens with one attached hydrogen (secondary N) is 1. The summed E-state index contributed by atoms with van der Waals surface area (Å²) in [4.78, 5) is 17.2. The van der Waals surface area contributed by atoms with Gasteiger partial charge in [-0.15, -0.1) is 0 Å². The minimum absolute atomic E-state index is 0.0385. The summed E-state index contributed by atoms with van der Waals surface area (Å²) >= 11 is 17.2. The van der Waals surface area contributed by atoms with Crippen LogP contribution < -0.4 is 0 Å². The van der Waals surface area contributed by atoms with Crippen LogP contribution in [0.5, 0.6) is 0 Å². The molecule has 1 heterocycles. The monoisotopic (exact) mass is 489 g/mol. The van der Waals surface area contributed by atoms with Crippen molar-refractivity contribution in [3.8, 4) is 0 Å². The van der Waals surface area contributed by atoms with E-state index >= 15 is 0 Å². The van der Waals surface area contributed by atoms with Gasteiger partial charge in [-0.05, 0) is 35.9 Å². The predicted molar refractivity (Wildman–Crippen MR) is 106 cm³/mol. The van der Waals surface area contributed by atoms with Gasteiger partial charge in [-0.1, -0.05) is 60.8 Å². The second-order valence-corrected chi connectivity index (χ2v) is 10.5. The largest absolute Gasteiger partial charge is 0.446 e. The molecule has 5 nitrogen and oxygen atoms in total. The first kappa shape index (κ1) is 24.3. The highest BCUT2D eigenvalue weighted by Gasteiger charge is 2.47. The van der Waals surface area contributed by atoms with Gasteiger partial charge in [0.05, 0.1) is 0 Å². The van der Waals surface area contributed by atoms with E-state index in [2.05, 4.69) is 15.2 Å². The summed E-state index contributed by atoms with van der Waals surface area (Å²) < 4.78 is 35.2. The van der Waals surface area contributed by atoms with Crippen LogP contribution in [-0.4, -0.2) is 41.5 Å². The van der Waals surface area contributed by atoms with Gasteiger partial charge in [-0.25, -0.2) is 4.98 Å². The molecule has 0 aliphatic rings. The van der Waals surface area contributed by atoms with Crippen LogP contribution in [0.4, 0.5) is 13.2 Å². The number of ketones is 1. The molecule has 2 atom stereocenters. The minimum atomic E-state index is -4.38. The van der Waals surface area contributed by atoms with Crippen molar-refractivity contribution in [3.05, 3.63) is 42.0 Å². The molecule has 12 heteroatoms. The molecule has 0 aliphatic heterocycles. The molecule has 0 spiro atoms. The number of aliphatic hydroxyl groups excluding tert-OH is 1. The SMILES string of the molecule is CC(C)(Cc1ccc(SC(F)(F)F)cc1)C(=O)C(c1ncn[nH]1)C(O)C(Cl)(Cl)Cl. The smallest absolute Gasteiger partial charge is 0.387 e. The Kier molecular flexibility index (Phi) is 7.54. The number of aromatic nitrogens is 3. The average Bonchev–Trinajstić information content (AvgIpc) is 3.08. The van der Waals surface area contributed by atoms with E-state index in [1.807, 2.05) is 0 Å². The lowest BCUT2D eigenvalue weighted by Crippen LogP contribution is -2.43. The van der Waals surface area contributed by atoms with Crippen LogP contribution in [0.2, 0.25) is 0 Å². The molecule has 0 fully saturated rings. The van der Waals surface area contributed by atoms with Gasteiger partial charge < -0.3 is 5.11 Å². The van der Waals surface area contributed by atoms with E-state index in [0.29, 0.717) is 5.56 Å². The zero-order chi connectivity index (χ0) is 22.0. The summed E-state index contributed by atoms with van der Waals surface area (Å²) in [6, 6.07) is 5.69. The van der Waals surface area contributed by atoms with E-state index in [-0.39, 0.29) is 28.9 Å². The molecule has 0 aliphatic carbocycles. The number of benzene rings is 1. The number of alkyl halides is 6. The third kappa shape index (κ3) is 6.75. The topological polar surface area (TPSA) is 78.9 Å². The number of hydrogen-bond acceptors (Lipinski definition) is 5. The molecule has 0 amide bonds. The third-order valence-corrected chi connectivity index (χ3v) is 5.54. The Hall–Kier alpha value is -1.00. The first-order chi connectivity index (χ1) is 13.2. The van der Waals surface area contributed by atoms with Crippen LogP contribution in [0.15, 0.2) is 35.5 Å². The lowest BCUT2D eigenvalue weighted by Gasteiger charge is -2.32. The Balaban J connectivity index is 2.24. The number of rotatable bonds is 7. The number of carbonyl (C=O) groups excluding carboxylic acids is 1. The zero-order valence-electron chi connectivity index (χ0n) is 15.2. The Morgan fingerprint density at radius 3 is 2.24 bits per heavy atom. The number of thioether (sulfide) groups is 1. The van der Waals surface area contributed by atoms with Gasteiger partial charge in [0.2, 0.25) is 3.79 Å². The lowest BCUT2D eigenvalue weighted by atomic mass is 9.75. The molecule has 2 unspecified atom stereocenters. The standard InChI is InChI=1S/C17H17Cl3F3N3O2S/c1-15(2,7-9-3-5-10(6-4-9)29-17(21,22)23)12(27)11(13(28)16(18,19)20)14-24-8-25-26-14/h3-6,8,11,13,28H,7H2,1-2H3,(H,24,25,26). The predicted octanol–water partition coefficient (Wildman–Crippen LogP) is 5.07. The van der Waals surface area contributed by atoms with Crippen molar-refractivity contribution in [1.82, 2.24) is 15.2 Å². The van der Waals surface area contributed by atoms with Gasteiger partial charge in [-0.2, -0.15) is 18.3 Å². The summed E-state index contributed by atoms with van der Waals surface area (Å²) in [5.41, 5.74) is -4.81. The maximum atomic E-state index is 13.2. The number of aliphatic hydroxyl groups is 1. The molecule has 2 aromatic rings. The molecule has 0 saturated carbocycles. The normalized spacial score (nSPS) is 15.2. The highest BCUT2D eigenvalue weighted by molar-refractivity contribution is 8.00. The summed E-state index contributed by atoms with van der Waals surface area (Å²) in [7, 11) is 0.